The van der Waals surface area contributed by atoms with Gasteiger partial charge in [0.25, 0.3) is 0 Å². The van der Waals surface area contributed by atoms with E-state index >= 15 is 0 Å². The molecule has 0 aliphatic carbocycles. The van der Waals surface area contributed by atoms with E-state index in [1.54, 1.807) is 7.11 Å². The van der Waals surface area contributed by atoms with E-state index in [4.69, 9.17) is 18.9 Å². The summed E-state index contributed by atoms with van der Waals surface area (Å²) in [5, 5.41) is 0. The van der Waals surface area contributed by atoms with Crippen LogP contribution >= 0.6 is 0 Å². The van der Waals surface area contributed by atoms with E-state index in [2.05, 4.69) is 24.3 Å². The summed E-state index contributed by atoms with van der Waals surface area (Å²) in [5.41, 5.74) is 1.39. The Morgan fingerprint density at radius 3 is 2.15 bits per heavy atom. The Labute approximate surface area is 121 Å². The smallest absolute Gasteiger partial charge is 0.104 e. The molecule has 20 heavy (non-hydrogen) atoms. The Kier molecular flexibility index (Phi) is 7.01. The highest BCUT2D eigenvalue weighted by Crippen LogP contribution is 2.12. The minimum absolute atomic E-state index is 0.392. The van der Waals surface area contributed by atoms with E-state index < -0.39 is 0 Å². The molecule has 0 saturated carbocycles. The Hall–Kier alpha value is -0.940. The largest absolute Gasteiger partial charge is 0.385 e. The van der Waals surface area contributed by atoms with Gasteiger partial charge >= 0.3 is 0 Å². The summed E-state index contributed by atoms with van der Waals surface area (Å²) in [5.74, 6) is 0. The highest BCUT2D eigenvalue weighted by molar-refractivity contribution is 5.14. The molecule has 4 nitrogen and oxygen atoms in total. The monoisotopic (exact) mass is 280 g/mol. The van der Waals surface area contributed by atoms with Crippen LogP contribution in [-0.2, 0) is 25.4 Å². The average Bonchev–Trinajstić information content (AvgIpc) is 3.36. The van der Waals surface area contributed by atoms with Crippen LogP contribution in [0.2, 0.25) is 0 Å². The number of hydrogen-bond donors (Lipinski definition) is 0. The average molecular weight is 280 g/mol. The first-order chi connectivity index (χ1) is 9.88. The third-order valence-corrected chi connectivity index (χ3v) is 3.07. The third kappa shape index (κ3) is 7.60. The van der Waals surface area contributed by atoms with E-state index in [0.29, 0.717) is 12.2 Å². The number of methoxy groups -OCH3 is 1. The van der Waals surface area contributed by atoms with Crippen molar-refractivity contribution in [2.75, 3.05) is 40.1 Å². The third-order valence-electron chi connectivity index (χ3n) is 3.07. The fourth-order valence-electron chi connectivity index (χ4n) is 1.72. The van der Waals surface area contributed by atoms with Gasteiger partial charge in [-0.05, 0) is 18.4 Å². The SMILES string of the molecule is C(OCC1CO1)C1CO1.COCCCc1ccccc1. The zero-order valence-electron chi connectivity index (χ0n) is 12.1. The van der Waals surface area contributed by atoms with Gasteiger partial charge in [-0.15, -0.1) is 0 Å². The molecular formula is C16H24O4. The number of ether oxygens (including phenoxy) is 4. The lowest BCUT2D eigenvalue weighted by molar-refractivity contribution is 0.102. The van der Waals surface area contributed by atoms with Crippen LogP contribution < -0.4 is 0 Å². The molecule has 0 radical (unpaired) electrons. The van der Waals surface area contributed by atoms with Gasteiger partial charge in [0.15, 0.2) is 0 Å². The molecular weight excluding hydrogens is 256 g/mol. The first-order valence-corrected chi connectivity index (χ1v) is 7.22. The van der Waals surface area contributed by atoms with Gasteiger partial charge in [0, 0.05) is 13.7 Å². The second-order valence-corrected chi connectivity index (χ2v) is 5.03. The van der Waals surface area contributed by atoms with Crippen molar-refractivity contribution in [3.8, 4) is 0 Å². The second kappa shape index (κ2) is 9.08. The van der Waals surface area contributed by atoms with Gasteiger partial charge in [0.2, 0.25) is 0 Å². The molecule has 2 aliphatic rings. The highest BCUT2D eigenvalue weighted by Gasteiger charge is 2.26. The van der Waals surface area contributed by atoms with Crippen molar-refractivity contribution < 1.29 is 18.9 Å². The van der Waals surface area contributed by atoms with Crippen molar-refractivity contribution in [1.29, 1.82) is 0 Å². The second-order valence-electron chi connectivity index (χ2n) is 5.03. The standard InChI is InChI=1S/C10H14O.C6H10O3/c1-11-9-5-8-10-6-3-2-4-7-10;1(5-3-8-5)7-2-6-4-9-6/h2-4,6-7H,5,8-9H2,1H3;5-6H,1-4H2. The summed E-state index contributed by atoms with van der Waals surface area (Å²) in [6.07, 6.45) is 3.02. The number of benzene rings is 1. The Morgan fingerprint density at radius 1 is 1.05 bits per heavy atom. The van der Waals surface area contributed by atoms with Crippen LogP contribution in [-0.4, -0.2) is 52.4 Å². The van der Waals surface area contributed by atoms with Gasteiger partial charge in [-0.1, -0.05) is 30.3 Å². The molecule has 4 heteroatoms. The zero-order valence-corrected chi connectivity index (χ0v) is 12.1. The van der Waals surface area contributed by atoms with Crippen LogP contribution in [0.1, 0.15) is 12.0 Å². The van der Waals surface area contributed by atoms with E-state index in [-0.39, 0.29) is 0 Å². The minimum atomic E-state index is 0.392. The van der Waals surface area contributed by atoms with E-state index in [0.717, 1.165) is 45.9 Å². The lowest BCUT2D eigenvalue weighted by Gasteiger charge is -1.98. The number of hydrogen-bond acceptors (Lipinski definition) is 4. The summed E-state index contributed by atoms with van der Waals surface area (Å²) in [4.78, 5) is 0. The summed E-state index contributed by atoms with van der Waals surface area (Å²) >= 11 is 0. The lowest BCUT2D eigenvalue weighted by atomic mass is 10.1. The molecule has 0 N–H and O–H groups in total. The van der Waals surface area contributed by atoms with Gasteiger partial charge in [-0.25, -0.2) is 0 Å². The van der Waals surface area contributed by atoms with Gasteiger partial charge in [-0.2, -0.15) is 0 Å². The van der Waals surface area contributed by atoms with E-state index in [9.17, 15) is 0 Å². The molecule has 2 aliphatic heterocycles. The molecule has 0 amide bonds. The molecule has 112 valence electrons. The fourth-order valence-corrected chi connectivity index (χ4v) is 1.72. The quantitative estimate of drug-likeness (QED) is 0.540. The van der Waals surface area contributed by atoms with Crippen molar-refractivity contribution in [3.63, 3.8) is 0 Å². The summed E-state index contributed by atoms with van der Waals surface area (Å²) < 4.78 is 20.1. The topological polar surface area (TPSA) is 43.5 Å². The van der Waals surface area contributed by atoms with Crippen molar-refractivity contribution in [3.05, 3.63) is 35.9 Å². The Balaban J connectivity index is 0.000000149. The molecule has 0 spiro atoms. The van der Waals surface area contributed by atoms with Crippen LogP contribution in [0.15, 0.2) is 30.3 Å². The molecule has 0 aromatic heterocycles. The number of aryl methyl sites for hydroxylation is 1. The maximum atomic E-state index is 5.23. The summed E-state index contributed by atoms with van der Waals surface area (Å²) in [6, 6.07) is 10.5. The molecule has 2 heterocycles. The molecule has 1 aromatic rings. The Bertz CT molecular complexity index is 335. The number of epoxide rings is 2. The maximum absolute atomic E-state index is 5.23. The Morgan fingerprint density at radius 2 is 1.65 bits per heavy atom. The summed E-state index contributed by atoms with van der Waals surface area (Å²) in [7, 11) is 1.74. The van der Waals surface area contributed by atoms with Crippen LogP contribution in [0.3, 0.4) is 0 Å². The van der Waals surface area contributed by atoms with Crippen LogP contribution in [0.5, 0.6) is 0 Å². The first kappa shape index (κ1) is 15.4. The van der Waals surface area contributed by atoms with E-state index in [1.807, 2.05) is 6.07 Å². The predicted molar refractivity (Wildman–Crippen MR) is 76.9 cm³/mol. The molecule has 3 rings (SSSR count). The molecule has 2 saturated heterocycles. The zero-order chi connectivity index (χ0) is 14.0. The van der Waals surface area contributed by atoms with Gasteiger partial charge < -0.3 is 18.9 Å². The van der Waals surface area contributed by atoms with Crippen molar-refractivity contribution in [1.82, 2.24) is 0 Å². The lowest BCUT2D eigenvalue weighted by Crippen LogP contribution is -2.06. The molecule has 2 fully saturated rings. The van der Waals surface area contributed by atoms with E-state index in [1.165, 1.54) is 5.56 Å². The van der Waals surface area contributed by atoms with Gasteiger partial charge in [-0.3, -0.25) is 0 Å². The van der Waals surface area contributed by atoms with Crippen LogP contribution in [0.4, 0.5) is 0 Å². The number of rotatable bonds is 8. The van der Waals surface area contributed by atoms with Crippen molar-refractivity contribution in [2.24, 2.45) is 0 Å². The molecule has 2 atom stereocenters. The van der Waals surface area contributed by atoms with Gasteiger partial charge in [0.1, 0.15) is 12.2 Å². The minimum Gasteiger partial charge on any atom is -0.385 e. The predicted octanol–water partition coefficient (Wildman–Crippen LogP) is 2.07. The molecule has 1 aromatic carbocycles. The van der Waals surface area contributed by atoms with Gasteiger partial charge in [0.05, 0.1) is 26.4 Å². The van der Waals surface area contributed by atoms with Crippen molar-refractivity contribution >= 4 is 0 Å². The highest BCUT2D eigenvalue weighted by atomic mass is 16.6. The first-order valence-electron chi connectivity index (χ1n) is 7.22. The molecule has 2 unspecified atom stereocenters. The fraction of sp³-hybridized carbons (Fsp3) is 0.625. The summed E-state index contributed by atoms with van der Waals surface area (Å²) in [6.45, 7) is 4.12. The molecule has 0 bridgehead atoms. The van der Waals surface area contributed by atoms with Crippen molar-refractivity contribution in [2.45, 2.75) is 25.0 Å². The normalized spacial score (nSPS) is 22.9. The maximum Gasteiger partial charge on any atom is 0.104 e. The van der Waals surface area contributed by atoms with Crippen LogP contribution in [0, 0.1) is 0 Å². The van der Waals surface area contributed by atoms with Crippen LogP contribution in [0.25, 0.3) is 0 Å².